The molecule has 4 rings (SSSR count). The zero-order valence-corrected chi connectivity index (χ0v) is 12.3. The number of cyclic esters (lactones) is 1. The maximum Gasteiger partial charge on any atom is 0.317 e. The molecule has 2 saturated heterocycles. The molecular formula is C16H16O6. The topological polar surface area (TPSA) is 71.1 Å². The van der Waals surface area contributed by atoms with Gasteiger partial charge in [-0.2, -0.15) is 0 Å². The lowest BCUT2D eigenvalue weighted by Gasteiger charge is -2.35. The van der Waals surface area contributed by atoms with E-state index in [1.165, 1.54) is 7.11 Å². The van der Waals surface area contributed by atoms with Crippen LogP contribution in [0.25, 0.3) is 0 Å². The summed E-state index contributed by atoms with van der Waals surface area (Å²) in [4.78, 5) is 25.1. The number of hydrogen-bond acceptors (Lipinski definition) is 6. The van der Waals surface area contributed by atoms with Gasteiger partial charge in [0.15, 0.2) is 5.78 Å². The summed E-state index contributed by atoms with van der Waals surface area (Å²) in [6.45, 7) is 2.20. The molecule has 22 heavy (non-hydrogen) atoms. The van der Waals surface area contributed by atoms with Crippen LogP contribution >= 0.6 is 0 Å². The number of fused-ring (bicyclic) bond motifs is 7. The molecule has 6 nitrogen and oxygen atoms in total. The first-order valence-electron chi connectivity index (χ1n) is 7.33. The molecule has 0 saturated carbocycles. The quantitative estimate of drug-likeness (QED) is 0.782. The van der Waals surface area contributed by atoms with Crippen molar-refractivity contribution in [3.05, 3.63) is 35.4 Å². The highest BCUT2D eigenvalue weighted by atomic mass is 16.7. The third kappa shape index (κ3) is 1.49. The lowest BCUT2D eigenvalue weighted by molar-refractivity contribution is -0.244. The molecule has 0 unspecified atom stereocenters. The number of Topliss-reactive ketones (excluding diaryl/α,β-unsaturated/α-hetero) is 1. The molecule has 5 atom stereocenters. The van der Waals surface area contributed by atoms with Gasteiger partial charge in [0.1, 0.15) is 12.0 Å². The Bertz CT molecular complexity index is 656. The van der Waals surface area contributed by atoms with E-state index in [0.717, 1.165) is 0 Å². The molecule has 0 spiro atoms. The summed E-state index contributed by atoms with van der Waals surface area (Å²) in [5, 5.41) is 0. The zero-order valence-electron chi connectivity index (χ0n) is 12.3. The standard InChI is InChI=1S/C16H16O6/c1-3-20-15-10-11(14(18)21-15)16(19-2)9-7-5-4-6-8(9)12(17)13(10)22-16/h4-7,10-11,13,15H,3H2,1-2H3/t10-,11-,13-,15-,16-/m0/s1. The molecule has 0 aliphatic carbocycles. The van der Waals surface area contributed by atoms with Crippen LogP contribution in [0, 0.1) is 11.8 Å². The largest absolute Gasteiger partial charge is 0.435 e. The fourth-order valence-electron chi connectivity index (χ4n) is 3.86. The highest BCUT2D eigenvalue weighted by molar-refractivity contribution is 6.04. The van der Waals surface area contributed by atoms with Crippen molar-refractivity contribution in [2.75, 3.05) is 13.7 Å². The summed E-state index contributed by atoms with van der Waals surface area (Å²) < 4.78 is 22.4. The van der Waals surface area contributed by atoms with Crippen LogP contribution in [0.5, 0.6) is 0 Å². The Morgan fingerprint density at radius 3 is 2.77 bits per heavy atom. The Morgan fingerprint density at radius 2 is 2.05 bits per heavy atom. The first kappa shape index (κ1) is 13.9. The Morgan fingerprint density at radius 1 is 1.27 bits per heavy atom. The van der Waals surface area contributed by atoms with Gasteiger partial charge in [-0.3, -0.25) is 9.59 Å². The van der Waals surface area contributed by atoms with Crippen LogP contribution in [0.4, 0.5) is 0 Å². The number of carbonyl (C=O) groups excluding carboxylic acids is 2. The molecule has 3 aliphatic rings. The van der Waals surface area contributed by atoms with Crippen molar-refractivity contribution in [1.29, 1.82) is 0 Å². The molecule has 2 fully saturated rings. The van der Waals surface area contributed by atoms with E-state index in [1.807, 2.05) is 6.92 Å². The molecule has 2 bridgehead atoms. The van der Waals surface area contributed by atoms with Crippen LogP contribution in [-0.4, -0.2) is 37.9 Å². The number of carbonyl (C=O) groups is 2. The molecule has 1 aromatic carbocycles. The lowest BCUT2D eigenvalue weighted by atomic mass is 9.86. The van der Waals surface area contributed by atoms with Gasteiger partial charge in [-0.05, 0) is 6.92 Å². The molecule has 0 N–H and O–H groups in total. The fourth-order valence-corrected chi connectivity index (χ4v) is 3.86. The van der Waals surface area contributed by atoms with Crippen molar-refractivity contribution >= 4 is 11.8 Å². The number of ketones is 1. The van der Waals surface area contributed by atoms with Gasteiger partial charge < -0.3 is 18.9 Å². The van der Waals surface area contributed by atoms with E-state index in [-0.39, 0.29) is 5.78 Å². The second kappa shape index (κ2) is 4.62. The minimum Gasteiger partial charge on any atom is -0.435 e. The van der Waals surface area contributed by atoms with Gasteiger partial charge >= 0.3 is 5.97 Å². The van der Waals surface area contributed by atoms with E-state index in [1.54, 1.807) is 24.3 Å². The molecule has 116 valence electrons. The molecule has 0 amide bonds. The highest BCUT2D eigenvalue weighted by Crippen LogP contribution is 2.57. The summed E-state index contributed by atoms with van der Waals surface area (Å²) >= 11 is 0. The van der Waals surface area contributed by atoms with Crippen LogP contribution in [-0.2, 0) is 29.5 Å². The average molecular weight is 304 g/mol. The zero-order chi connectivity index (χ0) is 15.5. The third-order valence-electron chi connectivity index (χ3n) is 4.71. The van der Waals surface area contributed by atoms with Crippen molar-refractivity contribution in [3.63, 3.8) is 0 Å². The van der Waals surface area contributed by atoms with Gasteiger partial charge in [0.2, 0.25) is 12.1 Å². The molecular weight excluding hydrogens is 288 g/mol. The number of esters is 1. The number of rotatable bonds is 3. The van der Waals surface area contributed by atoms with E-state index in [0.29, 0.717) is 17.7 Å². The molecule has 3 heterocycles. The summed E-state index contributed by atoms with van der Waals surface area (Å²) in [6.07, 6.45) is -1.56. The van der Waals surface area contributed by atoms with E-state index < -0.39 is 36.0 Å². The van der Waals surface area contributed by atoms with Crippen molar-refractivity contribution in [2.45, 2.75) is 25.1 Å². The fraction of sp³-hybridized carbons (Fsp3) is 0.500. The van der Waals surface area contributed by atoms with Crippen LogP contribution < -0.4 is 0 Å². The minimum atomic E-state index is -1.28. The van der Waals surface area contributed by atoms with Crippen molar-refractivity contribution in [2.24, 2.45) is 11.8 Å². The Kier molecular flexibility index (Phi) is 2.91. The van der Waals surface area contributed by atoms with Crippen molar-refractivity contribution in [3.8, 4) is 0 Å². The summed E-state index contributed by atoms with van der Waals surface area (Å²) in [6, 6.07) is 7.09. The van der Waals surface area contributed by atoms with Gasteiger partial charge in [-0.25, -0.2) is 0 Å². The maximum absolute atomic E-state index is 12.7. The summed E-state index contributed by atoms with van der Waals surface area (Å²) in [7, 11) is 1.48. The Hall–Kier alpha value is -1.76. The smallest absolute Gasteiger partial charge is 0.317 e. The normalized spacial score (nSPS) is 38.6. The first-order valence-corrected chi connectivity index (χ1v) is 7.33. The second-order valence-corrected chi connectivity index (χ2v) is 5.64. The number of benzene rings is 1. The monoisotopic (exact) mass is 304 g/mol. The number of methoxy groups -OCH3 is 1. The van der Waals surface area contributed by atoms with Crippen LogP contribution in [0.15, 0.2) is 24.3 Å². The first-order chi connectivity index (χ1) is 10.6. The lowest BCUT2D eigenvalue weighted by Crippen LogP contribution is -2.43. The summed E-state index contributed by atoms with van der Waals surface area (Å²) in [5.41, 5.74) is 1.12. The van der Waals surface area contributed by atoms with Crippen LogP contribution in [0.1, 0.15) is 22.8 Å². The second-order valence-electron chi connectivity index (χ2n) is 5.64. The van der Waals surface area contributed by atoms with E-state index in [4.69, 9.17) is 18.9 Å². The highest BCUT2D eigenvalue weighted by Gasteiger charge is 2.71. The molecule has 1 aromatic rings. The maximum atomic E-state index is 12.7. The van der Waals surface area contributed by atoms with E-state index in [9.17, 15) is 9.59 Å². The summed E-state index contributed by atoms with van der Waals surface area (Å²) in [5.74, 6) is -3.07. The molecule has 0 radical (unpaired) electrons. The Labute approximate surface area is 127 Å². The SMILES string of the molecule is CCO[C@H]1OC(=O)[C@@H]2[C@H]1[C@@H]1O[C@@]2(OC)c2ccccc2C1=O. The van der Waals surface area contributed by atoms with Crippen LogP contribution in [0.3, 0.4) is 0 Å². The van der Waals surface area contributed by atoms with Crippen LogP contribution in [0.2, 0.25) is 0 Å². The van der Waals surface area contributed by atoms with Gasteiger partial charge in [-0.1, -0.05) is 24.3 Å². The molecule has 0 aromatic heterocycles. The number of ether oxygens (including phenoxy) is 4. The van der Waals surface area contributed by atoms with Gasteiger partial charge in [0.05, 0.1) is 5.92 Å². The Balaban J connectivity index is 1.90. The molecule has 6 heteroatoms. The van der Waals surface area contributed by atoms with Crippen molar-refractivity contribution < 1.29 is 28.5 Å². The predicted molar refractivity (Wildman–Crippen MR) is 72.8 cm³/mol. The van der Waals surface area contributed by atoms with Gasteiger partial charge in [-0.15, -0.1) is 0 Å². The van der Waals surface area contributed by atoms with Crippen molar-refractivity contribution in [1.82, 2.24) is 0 Å². The van der Waals surface area contributed by atoms with Gasteiger partial charge in [0, 0.05) is 24.8 Å². The molecule has 3 aliphatic heterocycles. The third-order valence-corrected chi connectivity index (χ3v) is 4.71. The average Bonchev–Trinajstić information content (AvgIpc) is 3.02. The minimum absolute atomic E-state index is 0.154. The predicted octanol–water partition coefficient (Wildman–Crippen LogP) is 1.23. The van der Waals surface area contributed by atoms with E-state index >= 15 is 0 Å². The number of hydrogen-bond donors (Lipinski definition) is 0. The van der Waals surface area contributed by atoms with Gasteiger partial charge in [0.25, 0.3) is 0 Å². The van der Waals surface area contributed by atoms with E-state index in [2.05, 4.69) is 0 Å².